The van der Waals surface area contributed by atoms with Crippen molar-refractivity contribution in [3.05, 3.63) is 10.4 Å². The van der Waals surface area contributed by atoms with Crippen molar-refractivity contribution in [3.8, 4) is 0 Å². The van der Waals surface area contributed by atoms with Gasteiger partial charge in [0.2, 0.25) is 10.0 Å². The summed E-state index contributed by atoms with van der Waals surface area (Å²) in [6.45, 7) is 3.03. The zero-order valence-corrected chi connectivity index (χ0v) is 5.79. The van der Waals surface area contributed by atoms with Crippen molar-refractivity contribution in [1.82, 2.24) is 0 Å². The van der Waals surface area contributed by atoms with Crippen LogP contribution in [-0.4, -0.2) is 8.42 Å². The molecule has 0 radical (unpaired) electrons. The van der Waals surface area contributed by atoms with Crippen molar-refractivity contribution in [3.63, 3.8) is 0 Å². The van der Waals surface area contributed by atoms with Gasteiger partial charge in [-0.1, -0.05) is 6.58 Å². The van der Waals surface area contributed by atoms with Gasteiger partial charge in [-0.3, -0.25) is 0 Å². The first kappa shape index (κ1) is 7.13. The number of primary sulfonamides is 1. The molecule has 0 aliphatic heterocycles. The minimum Gasteiger partial charge on any atom is -0.224 e. The molecule has 0 fully saturated rings. The third kappa shape index (κ3) is 2.78. The van der Waals surface area contributed by atoms with E-state index in [4.69, 9.17) is 0 Å². The molecular weight excluding hydrogens is 182 g/mol. The second-order valence-electron chi connectivity index (χ2n) is 0.900. The summed E-state index contributed by atoms with van der Waals surface area (Å²) in [5.74, 6) is 0. The van der Waals surface area contributed by atoms with Crippen LogP contribution in [0.15, 0.2) is 10.4 Å². The Morgan fingerprint density at radius 2 is 1.86 bits per heavy atom. The summed E-state index contributed by atoms with van der Waals surface area (Å²) in [4.78, 5) is 0. The van der Waals surface area contributed by atoms with Gasteiger partial charge < -0.3 is 0 Å². The number of halogens is 1. The molecule has 0 rings (SSSR count). The maximum atomic E-state index is 9.96. The van der Waals surface area contributed by atoms with Crippen LogP contribution in [0.1, 0.15) is 0 Å². The zero-order chi connectivity index (χ0) is 6.08. The van der Waals surface area contributed by atoms with E-state index in [1.54, 1.807) is 0 Å². The smallest absolute Gasteiger partial charge is 0.224 e. The highest BCUT2D eigenvalue weighted by Gasteiger charge is 2.01. The fraction of sp³-hybridized carbons (Fsp3) is 0. The summed E-state index contributed by atoms with van der Waals surface area (Å²) in [6, 6.07) is 0. The molecule has 0 aromatic rings. The van der Waals surface area contributed by atoms with Crippen LogP contribution in [0.3, 0.4) is 0 Å². The quantitative estimate of drug-likeness (QED) is 0.633. The Balaban J connectivity index is 4.43. The van der Waals surface area contributed by atoms with Crippen molar-refractivity contribution in [1.29, 1.82) is 0 Å². The van der Waals surface area contributed by atoms with Crippen LogP contribution < -0.4 is 5.14 Å². The molecule has 0 unspecified atom stereocenters. The van der Waals surface area contributed by atoms with Crippen molar-refractivity contribution in [2.24, 2.45) is 5.14 Å². The summed E-state index contributed by atoms with van der Waals surface area (Å²) in [7, 11) is -3.52. The Kier molecular flexibility index (Phi) is 1.97. The fourth-order valence-electron chi connectivity index (χ4n) is 0. The molecule has 2 N–H and O–H groups in total. The van der Waals surface area contributed by atoms with Gasteiger partial charge in [-0.15, -0.1) is 0 Å². The lowest BCUT2D eigenvalue weighted by molar-refractivity contribution is 0.606. The van der Waals surface area contributed by atoms with E-state index in [1.807, 2.05) is 0 Å². The summed E-state index contributed by atoms with van der Waals surface area (Å²) in [5.41, 5.74) is 0. The van der Waals surface area contributed by atoms with E-state index in [0.717, 1.165) is 0 Å². The van der Waals surface area contributed by atoms with E-state index in [2.05, 4.69) is 27.6 Å². The molecule has 0 saturated heterocycles. The van der Waals surface area contributed by atoms with E-state index in [0.29, 0.717) is 0 Å². The zero-order valence-electron chi connectivity index (χ0n) is 3.39. The predicted octanol–water partition coefficient (Wildman–Crippen LogP) is 0.141. The summed E-state index contributed by atoms with van der Waals surface area (Å²) in [5, 5.41) is 4.50. The van der Waals surface area contributed by atoms with Gasteiger partial charge in [-0.05, 0) is 15.9 Å². The maximum absolute atomic E-state index is 9.96. The molecule has 0 saturated carbocycles. The largest absolute Gasteiger partial charge is 0.244 e. The lowest BCUT2D eigenvalue weighted by Crippen LogP contribution is -2.09. The third-order valence-electron chi connectivity index (χ3n) is 0.309. The van der Waals surface area contributed by atoms with Gasteiger partial charge in [-0.25, -0.2) is 13.6 Å². The Morgan fingerprint density at radius 1 is 1.71 bits per heavy atom. The van der Waals surface area contributed by atoms with Crippen molar-refractivity contribution in [2.75, 3.05) is 0 Å². The number of sulfonamides is 1. The second-order valence-corrected chi connectivity index (χ2v) is 3.97. The van der Waals surface area contributed by atoms with E-state index >= 15 is 0 Å². The Hall–Kier alpha value is 0.130. The molecule has 0 bridgehead atoms. The topological polar surface area (TPSA) is 60.2 Å². The van der Waals surface area contributed by atoms with Crippen LogP contribution in [0.2, 0.25) is 0 Å². The Bertz CT molecular complexity index is 170. The highest BCUT2D eigenvalue weighted by molar-refractivity contribution is 9.13. The number of hydrogen-bond acceptors (Lipinski definition) is 2. The molecule has 3 nitrogen and oxygen atoms in total. The van der Waals surface area contributed by atoms with E-state index in [-0.39, 0.29) is 3.81 Å². The molecule has 0 aliphatic rings. The van der Waals surface area contributed by atoms with Crippen molar-refractivity contribution >= 4 is 26.0 Å². The van der Waals surface area contributed by atoms with E-state index in [1.165, 1.54) is 0 Å². The lowest BCUT2D eigenvalue weighted by atomic mass is 11.3. The van der Waals surface area contributed by atoms with Gasteiger partial charge in [0.15, 0.2) is 0 Å². The molecule has 0 aromatic carbocycles. The SMILES string of the molecule is C=C(Br)S(N)(=O)=O. The molecule has 5 heteroatoms. The first-order valence-electron chi connectivity index (χ1n) is 1.32. The molecule has 0 aliphatic carbocycles. The molecule has 0 aromatic heterocycles. The highest BCUT2D eigenvalue weighted by Crippen LogP contribution is 2.04. The second kappa shape index (κ2) is 1.94. The van der Waals surface area contributed by atoms with Crippen molar-refractivity contribution < 1.29 is 8.42 Å². The predicted molar refractivity (Wildman–Crippen MR) is 31.2 cm³/mol. The molecule has 42 valence electrons. The summed E-state index contributed by atoms with van der Waals surface area (Å²) >= 11 is 2.59. The van der Waals surface area contributed by atoms with E-state index in [9.17, 15) is 8.42 Å². The fourth-order valence-corrected chi connectivity index (χ4v) is 0. The highest BCUT2D eigenvalue weighted by atomic mass is 79.9. The van der Waals surface area contributed by atoms with Crippen LogP contribution in [-0.2, 0) is 10.0 Å². The lowest BCUT2D eigenvalue weighted by Gasteiger charge is -1.85. The normalized spacial score (nSPS) is 11.1. The molecular formula is C2H4BrNO2S. The molecule has 0 spiro atoms. The standard InChI is InChI=1S/C2H4BrNO2S/c1-2(3)7(4,5)6/h1H2,(H2,4,5,6). The van der Waals surface area contributed by atoms with Crippen molar-refractivity contribution in [2.45, 2.75) is 0 Å². The van der Waals surface area contributed by atoms with Gasteiger partial charge in [0.1, 0.15) is 3.81 Å². The van der Waals surface area contributed by atoms with Crippen LogP contribution in [0, 0.1) is 0 Å². The summed E-state index contributed by atoms with van der Waals surface area (Å²) < 4.78 is 19.7. The first-order valence-corrected chi connectivity index (χ1v) is 3.66. The average molecular weight is 186 g/mol. The Morgan fingerprint density at radius 3 is 1.86 bits per heavy atom. The van der Waals surface area contributed by atoms with Gasteiger partial charge in [0, 0.05) is 0 Å². The van der Waals surface area contributed by atoms with Crippen LogP contribution >= 0.6 is 15.9 Å². The van der Waals surface area contributed by atoms with Gasteiger partial charge in [0.25, 0.3) is 0 Å². The molecule has 7 heavy (non-hydrogen) atoms. The molecule has 0 heterocycles. The van der Waals surface area contributed by atoms with Gasteiger partial charge in [-0.2, -0.15) is 0 Å². The molecule has 0 atom stereocenters. The van der Waals surface area contributed by atoms with Crippen LogP contribution in [0.25, 0.3) is 0 Å². The first-order chi connectivity index (χ1) is 2.94. The average Bonchev–Trinajstić information content (AvgIpc) is 1.31. The number of hydrogen-bond donors (Lipinski definition) is 1. The van der Waals surface area contributed by atoms with Gasteiger partial charge >= 0.3 is 0 Å². The minimum atomic E-state index is -3.52. The Labute approximate surface area is 50.4 Å². The maximum Gasteiger partial charge on any atom is 0.244 e. The minimum absolute atomic E-state index is 0.194. The third-order valence-corrected chi connectivity index (χ3v) is 2.28. The number of rotatable bonds is 1. The van der Waals surface area contributed by atoms with Gasteiger partial charge in [0.05, 0.1) is 0 Å². The monoisotopic (exact) mass is 185 g/mol. The molecule has 0 amide bonds. The van der Waals surface area contributed by atoms with Crippen LogP contribution in [0.5, 0.6) is 0 Å². The van der Waals surface area contributed by atoms with E-state index < -0.39 is 10.0 Å². The summed E-state index contributed by atoms with van der Waals surface area (Å²) in [6.07, 6.45) is 0. The number of nitrogens with two attached hydrogens (primary N) is 1. The van der Waals surface area contributed by atoms with Crippen LogP contribution in [0.4, 0.5) is 0 Å².